The van der Waals surface area contributed by atoms with Crippen LogP contribution in [0, 0.1) is 12.8 Å². The predicted molar refractivity (Wildman–Crippen MR) is 93.7 cm³/mol. The lowest BCUT2D eigenvalue weighted by molar-refractivity contribution is -0.137. The quantitative estimate of drug-likeness (QED) is 0.810. The summed E-state index contributed by atoms with van der Waals surface area (Å²) in [7, 11) is 1.61. The largest absolute Gasteiger partial charge is 0.383 e. The maximum atomic E-state index is 12.7. The summed E-state index contributed by atoms with van der Waals surface area (Å²) in [5.74, 6) is -0.00662. The molecule has 0 unspecified atom stereocenters. The number of methoxy groups -OCH3 is 1. The fourth-order valence-electron chi connectivity index (χ4n) is 3.07. The van der Waals surface area contributed by atoms with Gasteiger partial charge >= 0.3 is 0 Å². The number of carbonyl (C=O) groups is 2. The molecule has 0 radical (unpaired) electrons. The smallest absolute Gasteiger partial charge is 0.227 e. The van der Waals surface area contributed by atoms with Crippen molar-refractivity contribution in [2.75, 3.05) is 26.8 Å². The number of rotatable bonds is 6. The molecule has 0 bridgehead atoms. The van der Waals surface area contributed by atoms with Crippen molar-refractivity contribution < 1.29 is 14.3 Å². The molecule has 1 aliphatic rings. The minimum Gasteiger partial charge on any atom is -0.383 e. The average molecular weight is 332 g/mol. The second-order valence-electron chi connectivity index (χ2n) is 6.62. The summed E-state index contributed by atoms with van der Waals surface area (Å²) in [5.41, 5.74) is 2.20. The summed E-state index contributed by atoms with van der Waals surface area (Å²) in [6, 6.07) is 8.22. The van der Waals surface area contributed by atoms with E-state index < -0.39 is 0 Å². The number of piperidine rings is 1. The van der Waals surface area contributed by atoms with Gasteiger partial charge < -0.3 is 15.0 Å². The van der Waals surface area contributed by atoms with Gasteiger partial charge in [-0.25, -0.2) is 0 Å². The van der Waals surface area contributed by atoms with E-state index in [-0.39, 0.29) is 23.8 Å². The van der Waals surface area contributed by atoms with Crippen LogP contribution in [-0.2, 0) is 20.7 Å². The molecule has 0 aromatic heterocycles. The lowest BCUT2D eigenvalue weighted by Gasteiger charge is -2.37. The van der Waals surface area contributed by atoms with Gasteiger partial charge in [-0.2, -0.15) is 0 Å². The van der Waals surface area contributed by atoms with Gasteiger partial charge in [0.1, 0.15) is 0 Å². The second-order valence-corrected chi connectivity index (χ2v) is 6.62. The molecule has 132 valence electrons. The third-order valence-electron chi connectivity index (χ3n) is 4.65. The van der Waals surface area contributed by atoms with Crippen LogP contribution in [-0.4, -0.2) is 49.6 Å². The van der Waals surface area contributed by atoms with Crippen LogP contribution in [0.2, 0.25) is 0 Å². The molecule has 1 aromatic rings. The van der Waals surface area contributed by atoms with Crippen LogP contribution in [0.15, 0.2) is 24.3 Å². The van der Waals surface area contributed by atoms with Crippen LogP contribution in [0.25, 0.3) is 0 Å². The monoisotopic (exact) mass is 332 g/mol. The Hall–Kier alpha value is -1.88. The van der Waals surface area contributed by atoms with Gasteiger partial charge in [0.25, 0.3) is 0 Å². The first-order valence-electron chi connectivity index (χ1n) is 8.63. The normalized spacial score (nSPS) is 20.7. The second kappa shape index (κ2) is 8.83. The lowest BCUT2D eigenvalue weighted by Crippen LogP contribution is -2.50. The van der Waals surface area contributed by atoms with Crippen LogP contribution in [0.5, 0.6) is 0 Å². The van der Waals surface area contributed by atoms with Crippen molar-refractivity contribution in [3.05, 3.63) is 35.4 Å². The maximum absolute atomic E-state index is 12.7. The van der Waals surface area contributed by atoms with E-state index in [1.807, 2.05) is 36.1 Å². The summed E-state index contributed by atoms with van der Waals surface area (Å²) in [4.78, 5) is 26.8. The van der Waals surface area contributed by atoms with Crippen molar-refractivity contribution >= 4 is 11.8 Å². The number of hydrogen-bond donors (Lipinski definition) is 1. The number of carbonyl (C=O) groups excluding carboxylic acids is 2. The van der Waals surface area contributed by atoms with Crippen molar-refractivity contribution in [3.8, 4) is 0 Å². The standard InChI is InChI=1S/C19H28N2O3/c1-14-4-7-16(8-5-14)12-18(22)21-13-17(9-6-15(21)2)19(23)20-10-11-24-3/h4-5,7-8,15,17H,6,9-13H2,1-3H3,(H,20,23)/t15-,17-/m1/s1. The zero-order chi connectivity index (χ0) is 17.5. The van der Waals surface area contributed by atoms with Gasteiger partial charge in [0.05, 0.1) is 18.9 Å². The Kier molecular flexibility index (Phi) is 6.79. The van der Waals surface area contributed by atoms with Crippen LogP contribution >= 0.6 is 0 Å². The molecule has 2 rings (SSSR count). The molecular weight excluding hydrogens is 304 g/mol. The summed E-state index contributed by atoms with van der Waals surface area (Å²) in [6.45, 7) is 5.62. The highest BCUT2D eigenvalue weighted by Crippen LogP contribution is 2.23. The Balaban J connectivity index is 1.93. The molecule has 1 aromatic carbocycles. The van der Waals surface area contributed by atoms with Gasteiger partial charge in [-0.3, -0.25) is 9.59 Å². The summed E-state index contributed by atoms with van der Waals surface area (Å²) < 4.78 is 4.95. The fourth-order valence-corrected chi connectivity index (χ4v) is 3.07. The zero-order valence-corrected chi connectivity index (χ0v) is 14.9. The van der Waals surface area contributed by atoms with Gasteiger partial charge in [-0.1, -0.05) is 29.8 Å². The van der Waals surface area contributed by atoms with E-state index in [9.17, 15) is 9.59 Å². The topological polar surface area (TPSA) is 58.6 Å². The van der Waals surface area contributed by atoms with Crippen LogP contribution in [0.4, 0.5) is 0 Å². The SMILES string of the molecule is COCCNC(=O)[C@@H]1CC[C@@H](C)N(C(=O)Cc2ccc(C)cc2)C1. The molecule has 1 N–H and O–H groups in total. The van der Waals surface area contributed by atoms with Gasteiger partial charge in [-0.05, 0) is 32.3 Å². The first-order valence-corrected chi connectivity index (χ1v) is 8.63. The summed E-state index contributed by atoms with van der Waals surface area (Å²) in [6.07, 6.45) is 2.08. The lowest BCUT2D eigenvalue weighted by atomic mass is 9.92. The van der Waals surface area contributed by atoms with Crippen molar-refractivity contribution in [2.24, 2.45) is 5.92 Å². The molecule has 5 nitrogen and oxygen atoms in total. The van der Waals surface area contributed by atoms with E-state index in [0.717, 1.165) is 18.4 Å². The molecule has 5 heteroatoms. The van der Waals surface area contributed by atoms with Gasteiger partial charge in [-0.15, -0.1) is 0 Å². The van der Waals surface area contributed by atoms with E-state index >= 15 is 0 Å². The van der Waals surface area contributed by atoms with Crippen LogP contribution in [0.1, 0.15) is 30.9 Å². The van der Waals surface area contributed by atoms with Gasteiger partial charge in [0.2, 0.25) is 11.8 Å². The number of nitrogens with one attached hydrogen (secondary N) is 1. The molecular formula is C19H28N2O3. The number of likely N-dealkylation sites (tertiary alicyclic amines) is 1. The molecule has 0 spiro atoms. The number of benzene rings is 1. The number of amides is 2. The van der Waals surface area contributed by atoms with E-state index in [2.05, 4.69) is 12.2 Å². The Morgan fingerprint density at radius 1 is 1.25 bits per heavy atom. The minimum atomic E-state index is -0.125. The van der Waals surface area contributed by atoms with Crippen LogP contribution in [0.3, 0.4) is 0 Å². The van der Waals surface area contributed by atoms with Crippen molar-refractivity contribution in [1.29, 1.82) is 0 Å². The Labute approximate surface area is 144 Å². The first kappa shape index (κ1) is 18.5. The number of aryl methyl sites for hydroxylation is 1. The number of nitrogens with zero attached hydrogens (tertiary/aromatic N) is 1. The zero-order valence-electron chi connectivity index (χ0n) is 14.9. The highest BCUT2D eigenvalue weighted by molar-refractivity contribution is 5.82. The van der Waals surface area contributed by atoms with Crippen molar-refractivity contribution in [3.63, 3.8) is 0 Å². The minimum absolute atomic E-state index is 0.0204. The average Bonchev–Trinajstić information content (AvgIpc) is 2.57. The highest BCUT2D eigenvalue weighted by atomic mass is 16.5. The third kappa shape index (κ3) is 5.06. The molecule has 1 aliphatic heterocycles. The molecule has 24 heavy (non-hydrogen) atoms. The third-order valence-corrected chi connectivity index (χ3v) is 4.65. The van der Waals surface area contributed by atoms with Crippen molar-refractivity contribution in [2.45, 2.75) is 39.2 Å². The Bertz CT molecular complexity index is 556. The maximum Gasteiger partial charge on any atom is 0.227 e. The predicted octanol–water partition coefficient (Wildman–Crippen LogP) is 1.93. The highest BCUT2D eigenvalue weighted by Gasteiger charge is 2.32. The van der Waals surface area contributed by atoms with E-state index in [1.54, 1.807) is 7.11 Å². The van der Waals surface area contributed by atoms with E-state index in [1.165, 1.54) is 5.56 Å². The van der Waals surface area contributed by atoms with Crippen molar-refractivity contribution in [1.82, 2.24) is 10.2 Å². The Morgan fingerprint density at radius 2 is 1.96 bits per heavy atom. The first-order chi connectivity index (χ1) is 11.5. The molecule has 2 atom stereocenters. The molecule has 2 amide bonds. The van der Waals surface area contributed by atoms with Gasteiger partial charge in [0, 0.05) is 26.2 Å². The van der Waals surface area contributed by atoms with Crippen LogP contribution < -0.4 is 5.32 Å². The molecule has 0 aliphatic carbocycles. The molecule has 0 saturated carbocycles. The number of ether oxygens (including phenoxy) is 1. The fraction of sp³-hybridized carbons (Fsp3) is 0.579. The van der Waals surface area contributed by atoms with Gasteiger partial charge in [0.15, 0.2) is 0 Å². The summed E-state index contributed by atoms with van der Waals surface area (Å²) >= 11 is 0. The molecule has 1 heterocycles. The molecule has 1 fully saturated rings. The Morgan fingerprint density at radius 3 is 2.62 bits per heavy atom. The van der Waals surface area contributed by atoms with E-state index in [4.69, 9.17) is 4.74 Å². The molecule has 1 saturated heterocycles. The number of hydrogen-bond acceptors (Lipinski definition) is 3. The van der Waals surface area contributed by atoms with E-state index in [0.29, 0.717) is 26.1 Å². The summed E-state index contributed by atoms with van der Waals surface area (Å²) in [5, 5.41) is 2.88.